The molecule has 0 unspecified atom stereocenters. The zero-order chi connectivity index (χ0) is 15.5. The normalized spacial score (nSPS) is 17.7. The van der Waals surface area contributed by atoms with Gasteiger partial charge in [0.1, 0.15) is 5.75 Å². The number of ether oxygens (including phenoxy) is 1. The molecule has 1 saturated heterocycles. The molecule has 1 heterocycles. The average Bonchev–Trinajstić information content (AvgIpc) is 2.45. The fourth-order valence-corrected chi connectivity index (χ4v) is 2.75. The predicted octanol–water partition coefficient (Wildman–Crippen LogP) is 3.67. The van der Waals surface area contributed by atoms with Gasteiger partial charge in [-0.1, -0.05) is 17.7 Å². The van der Waals surface area contributed by atoms with E-state index < -0.39 is 18.6 Å². The molecule has 1 fully saturated rings. The van der Waals surface area contributed by atoms with Crippen LogP contribution in [-0.2, 0) is 0 Å². The Morgan fingerprint density at radius 2 is 1.95 bits per heavy atom. The van der Waals surface area contributed by atoms with Crippen LogP contribution in [0.1, 0.15) is 18.0 Å². The summed E-state index contributed by atoms with van der Waals surface area (Å²) in [5, 5.41) is 3.54. The Morgan fingerprint density at radius 3 is 2.50 bits per heavy atom. The quantitative estimate of drug-likeness (QED) is 0.888. The molecule has 0 saturated carbocycles. The van der Waals surface area contributed by atoms with E-state index in [1.807, 2.05) is 4.90 Å². The van der Waals surface area contributed by atoms with Crippen LogP contribution in [0.15, 0.2) is 18.2 Å². The topological polar surface area (TPSA) is 24.5 Å². The minimum atomic E-state index is -4.22. The van der Waals surface area contributed by atoms with Gasteiger partial charge in [-0.05, 0) is 17.7 Å². The number of piperazine rings is 1. The molecule has 0 spiro atoms. The van der Waals surface area contributed by atoms with Gasteiger partial charge in [0.05, 0.1) is 18.6 Å². The van der Waals surface area contributed by atoms with Crippen LogP contribution < -0.4 is 10.1 Å². The molecule has 0 aromatic heterocycles. The molecule has 1 aliphatic heterocycles. The number of hydrogen-bond donors (Lipinski definition) is 1. The van der Waals surface area contributed by atoms with Gasteiger partial charge in [0.2, 0.25) is 0 Å². The zero-order valence-corrected chi connectivity index (χ0v) is 13.7. The van der Waals surface area contributed by atoms with Crippen LogP contribution >= 0.6 is 24.0 Å². The van der Waals surface area contributed by atoms with Crippen molar-refractivity contribution < 1.29 is 17.9 Å². The first-order chi connectivity index (χ1) is 9.90. The molecule has 1 aliphatic rings. The second-order valence-electron chi connectivity index (χ2n) is 5.02. The summed E-state index contributed by atoms with van der Waals surface area (Å²) in [5.74, 6) is 0.400. The molecular weight excluding hydrogens is 340 g/mol. The maximum Gasteiger partial charge on any atom is 0.390 e. The predicted molar refractivity (Wildman–Crippen MR) is 83.1 cm³/mol. The summed E-state index contributed by atoms with van der Waals surface area (Å²) in [4.78, 5) is 1.85. The van der Waals surface area contributed by atoms with Gasteiger partial charge in [0, 0.05) is 32.2 Å². The highest BCUT2D eigenvalue weighted by molar-refractivity contribution is 6.32. The van der Waals surface area contributed by atoms with E-state index in [9.17, 15) is 13.2 Å². The summed E-state index contributed by atoms with van der Waals surface area (Å²) in [6.07, 6.45) is -5.10. The third-order valence-corrected chi connectivity index (χ3v) is 3.89. The monoisotopic (exact) mass is 358 g/mol. The number of hydrogen-bond acceptors (Lipinski definition) is 3. The Bertz CT molecular complexity index is 480. The summed E-state index contributed by atoms with van der Waals surface area (Å²) in [6.45, 7) is 2.57. The largest absolute Gasteiger partial charge is 0.495 e. The molecule has 2 rings (SSSR count). The van der Waals surface area contributed by atoms with E-state index in [0.717, 1.165) is 0 Å². The SMILES string of the molecule is COc1cc([C@@H](CC(F)(F)F)N2CCNCC2)ccc1Cl.Cl. The van der Waals surface area contributed by atoms with Gasteiger partial charge in [-0.15, -0.1) is 12.4 Å². The van der Waals surface area contributed by atoms with Crippen molar-refractivity contribution in [3.63, 3.8) is 0 Å². The second kappa shape index (κ2) is 8.24. The number of rotatable bonds is 4. The molecule has 0 amide bonds. The van der Waals surface area contributed by atoms with Crippen LogP contribution in [0.25, 0.3) is 0 Å². The highest BCUT2D eigenvalue weighted by atomic mass is 35.5. The van der Waals surface area contributed by atoms with Gasteiger partial charge in [0.25, 0.3) is 0 Å². The van der Waals surface area contributed by atoms with Crippen LogP contribution in [0.2, 0.25) is 5.02 Å². The first-order valence-corrected chi connectivity index (χ1v) is 7.13. The van der Waals surface area contributed by atoms with Crippen molar-refractivity contribution in [3.05, 3.63) is 28.8 Å². The van der Waals surface area contributed by atoms with Gasteiger partial charge in [-0.25, -0.2) is 0 Å². The highest BCUT2D eigenvalue weighted by Gasteiger charge is 2.36. The van der Waals surface area contributed by atoms with E-state index in [4.69, 9.17) is 16.3 Å². The molecule has 0 bridgehead atoms. The third kappa shape index (κ3) is 5.19. The average molecular weight is 359 g/mol. The van der Waals surface area contributed by atoms with E-state index in [1.54, 1.807) is 18.2 Å². The van der Waals surface area contributed by atoms with E-state index >= 15 is 0 Å². The molecule has 22 heavy (non-hydrogen) atoms. The van der Waals surface area contributed by atoms with Crippen molar-refractivity contribution in [1.29, 1.82) is 0 Å². The van der Waals surface area contributed by atoms with Crippen LogP contribution in [0.3, 0.4) is 0 Å². The summed E-state index contributed by atoms with van der Waals surface area (Å²) >= 11 is 5.95. The van der Waals surface area contributed by atoms with Crippen LogP contribution in [-0.4, -0.2) is 44.4 Å². The first kappa shape index (κ1) is 19.4. The van der Waals surface area contributed by atoms with Crippen LogP contribution in [0, 0.1) is 0 Å². The van der Waals surface area contributed by atoms with Crippen molar-refractivity contribution in [1.82, 2.24) is 10.2 Å². The standard InChI is InChI=1S/C14H18ClF3N2O.ClH/c1-21-13-8-10(2-3-11(13)15)12(9-14(16,17)18)20-6-4-19-5-7-20;/h2-3,8,12,19H,4-7,9H2,1H3;1H/t12-;/m1./s1. The van der Waals surface area contributed by atoms with Gasteiger partial charge in [-0.3, -0.25) is 4.90 Å². The number of nitrogens with one attached hydrogen (secondary N) is 1. The highest BCUT2D eigenvalue weighted by Crippen LogP contribution is 2.36. The third-order valence-electron chi connectivity index (χ3n) is 3.58. The number of nitrogens with zero attached hydrogens (tertiary/aromatic N) is 1. The smallest absolute Gasteiger partial charge is 0.390 e. The van der Waals surface area contributed by atoms with E-state index in [1.165, 1.54) is 7.11 Å². The molecule has 1 aromatic carbocycles. The maximum atomic E-state index is 12.9. The summed E-state index contributed by atoms with van der Waals surface area (Å²) in [7, 11) is 1.45. The van der Waals surface area contributed by atoms with Gasteiger partial charge in [-0.2, -0.15) is 13.2 Å². The lowest BCUT2D eigenvalue weighted by Crippen LogP contribution is -2.46. The lowest BCUT2D eigenvalue weighted by atomic mass is 10.0. The van der Waals surface area contributed by atoms with Crippen LogP contribution in [0.4, 0.5) is 13.2 Å². The fourth-order valence-electron chi connectivity index (χ4n) is 2.55. The molecule has 0 aliphatic carbocycles. The molecule has 1 N–H and O–H groups in total. The summed E-state index contributed by atoms with van der Waals surface area (Å²) < 4.78 is 43.8. The molecule has 126 valence electrons. The molecule has 8 heteroatoms. The number of alkyl halides is 3. The number of halogens is 5. The molecule has 1 aromatic rings. The molecule has 0 radical (unpaired) electrons. The Morgan fingerprint density at radius 1 is 1.32 bits per heavy atom. The maximum absolute atomic E-state index is 12.9. The summed E-state index contributed by atoms with van der Waals surface area (Å²) in [5.41, 5.74) is 0.579. The lowest BCUT2D eigenvalue weighted by Gasteiger charge is -2.35. The van der Waals surface area contributed by atoms with Crippen molar-refractivity contribution in [2.75, 3.05) is 33.3 Å². The Balaban J connectivity index is 0.00000242. The Kier molecular flexibility index (Phi) is 7.25. The molecule has 1 atom stereocenters. The van der Waals surface area contributed by atoms with E-state index in [0.29, 0.717) is 42.5 Å². The van der Waals surface area contributed by atoms with Crippen molar-refractivity contribution in [2.24, 2.45) is 0 Å². The zero-order valence-electron chi connectivity index (χ0n) is 12.1. The van der Waals surface area contributed by atoms with Crippen molar-refractivity contribution >= 4 is 24.0 Å². The van der Waals surface area contributed by atoms with Gasteiger partial charge in [0.15, 0.2) is 0 Å². The van der Waals surface area contributed by atoms with E-state index in [-0.39, 0.29) is 12.4 Å². The van der Waals surface area contributed by atoms with E-state index in [2.05, 4.69) is 5.32 Å². The summed E-state index contributed by atoms with van der Waals surface area (Å²) in [6, 6.07) is 4.11. The van der Waals surface area contributed by atoms with Gasteiger partial charge >= 0.3 is 6.18 Å². The Labute approximate surface area is 139 Å². The molecule has 3 nitrogen and oxygen atoms in total. The lowest BCUT2D eigenvalue weighted by molar-refractivity contribution is -0.148. The Hall–Kier alpha value is -0.690. The fraction of sp³-hybridized carbons (Fsp3) is 0.571. The minimum Gasteiger partial charge on any atom is -0.495 e. The number of methoxy groups -OCH3 is 1. The number of benzene rings is 1. The minimum absolute atomic E-state index is 0. The van der Waals surface area contributed by atoms with Crippen LogP contribution in [0.5, 0.6) is 5.75 Å². The van der Waals surface area contributed by atoms with Crippen molar-refractivity contribution in [3.8, 4) is 5.75 Å². The molecular formula is C14H19Cl2F3N2O. The second-order valence-corrected chi connectivity index (χ2v) is 5.42. The van der Waals surface area contributed by atoms with Crippen molar-refractivity contribution in [2.45, 2.75) is 18.6 Å². The van der Waals surface area contributed by atoms with Gasteiger partial charge < -0.3 is 10.1 Å². The first-order valence-electron chi connectivity index (χ1n) is 6.75.